The van der Waals surface area contributed by atoms with Crippen LogP contribution in [0.15, 0.2) is 12.1 Å². The van der Waals surface area contributed by atoms with Crippen molar-refractivity contribution in [3.05, 3.63) is 16.5 Å². The minimum absolute atomic E-state index is 0.468. The van der Waals surface area contributed by atoms with E-state index in [1.54, 1.807) is 11.8 Å². The Balaban J connectivity index is 2.76. The lowest BCUT2D eigenvalue weighted by Gasteiger charge is -2.19. The summed E-state index contributed by atoms with van der Waals surface area (Å²) in [6, 6.07) is 3.71. The van der Waals surface area contributed by atoms with Gasteiger partial charge in [-0.3, -0.25) is 0 Å². The first-order valence-corrected chi connectivity index (χ1v) is 4.47. The summed E-state index contributed by atoms with van der Waals surface area (Å²) in [6.07, 6.45) is -0.468. The third kappa shape index (κ3) is 2.09. The molecule has 0 amide bonds. The number of nitrogens with zero attached hydrogens (tertiary/aromatic N) is 1. The molecule has 0 bridgehead atoms. The first-order chi connectivity index (χ1) is 5.11. The van der Waals surface area contributed by atoms with Gasteiger partial charge in [-0.15, -0.1) is 11.3 Å². The summed E-state index contributed by atoms with van der Waals surface area (Å²) in [5.41, 5.74) is 0. The van der Waals surface area contributed by atoms with Gasteiger partial charge >= 0.3 is 0 Å². The third-order valence-corrected chi connectivity index (χ3v) is 2.79. The summed E-state index contributed by atoms with van der Waals surface area (Å²) in [5, 5.41) is 10.1. The maximum absolute atomic E-state index is 9.17. The molecule has 62 valence electrons. The van der Waals surface area contributed by atoms with Gasteiger partial charge in [-0.25, -0.2) is 0 Å². The molecule has 0 aliphatic rings. The van der Waals surface area contributed by atoms with E-state index in [1.807, 2.05) is 19.2 Å². The maximum atomic E-state index is 9.17. The number of halogens is 1. The van der Waals surface area contributed by atoms with Crippen molar-refractivity contribution in [3.63, 3.8) is 0 Å². The SMILES string of the molecule is CC(O)N(C)c1ccc(Cl)s1. The summed E-state index contributed by atoms with van der Waals surface area (Å²) >= 11 is 7.17. The van der Waals surface area contributed by atoms with E-state index in [0.717, 1.165) is 9.34 Å². The van der Waals surface area contributed by atoms with Gasteiger partial charge in [0.15, 0.2) is 0 Å². The van der Waals surface area contributed by atoms with Gasteiger partial charge in [-0.05, 0) is 19.1 Å². The number of hydrogen-bond acceptors (Lipinski definition) is 3. The number of thiophene rings is 1. The topological polar surface area (TPSA) is 23.5 Å². The van der Waals surface area contributed by atoms with Crippen molar-refractivity contribution in [1.29, 1.82) is 0 Å². The van der Waals surface area contributed by atoms with Gasteiger partial charge in [0.1, 0.15) is 6.23 Å². The summed E-state index contributed by atoms with van der Waals surface area (Å²) in [7, 11) is 1.83. The Bertz CT molecular complexity index is 236. The number of aliphatic hydroxyl groups is 1. The Kier molecular flexibility index (Phi) is 2.76. The molecule has 4 heteroatoms. The smallest absolute Gasteiger partial charge is 0.124 e. The minimum atomic E-state index is -0.468. The second kappa shape index (κ2) is 3.43. The van der Waals surface area contributed by atoms with E-state index < -0.39 is 6.23 Å². The third-order valence-electron chi connectivity index (χ3n) is 1.47. The Morgan fingerprint density at radius 1 is 1.64 bits per heavy atom. The lowest BCUT2D eigenvalue weighted by Crippen LogP contribution is -2.27. The number of aliphatic hydroxyl groups excluding tert-OH is 1. The summed E-state index contributed by atoms with van der Waals surface area (Å²) in [6.45, 7) is 1.72. The minimum Gasteiger partial charge on any atom is -0.374 e. The molecule has 2 nitrogen and oxygen atoms in total. The molecule has 1 rings (SSSR count). The van der Waals surface area contributed by atoms with E-state index in [1.165, 1.54) is 11.3 Å². The molecule has 0 spiro atoms. The van der Waals surface area contributed by atoms with Gasteiger partial charge in [0.2, 0.25) is 0 Å². The van der Waals surface area contributed by atoms with E-state index in [0.29, 0.717) is 0 Å². The van der Waals surface area contributed by atoms with Gasteiger partial charge in [0.05, 0.1) is 9.34 Å². The number of anilines is 1. The first kappa shape index (κ1) is 8.84. The van der Waals surface area contributed by atoms with Crippen LogP contribution in [0.25, 0.3) is 0 Å². The van der Waals surface area contributed by atoms with Crippen LogP contribution >= 0.6 is 22.9 Å². The highest BCUT2D eigenvalue weighted by Gasteiger charge is 2.07. The van der Waals surface area contributed by atoms with Gasteiger partial charge < -0.3 is 10.0 Å². The quantitative estimate of drug-likeness (QED) is 0.725. The predicted molar refractivity (Wildman–Crippen MR) is 49.4 cm³/mol. The average molecular weight is 192 g/mol. The van der Waals surface area contributed by atoms with Crippen LogP contribution in [0.4, 0.5) is 5.00 Å². The molecular formula is C7H10ClNOS. The Hall–Kier alpha value is -0.250. The first-order valence-electron chi connectivity index (χ1n) is 3.27. The van der Waals surface area contributed by atoms with Crippen LogP contribution in [0.5, 0.6) is 0 Å². The molecule has 0 radical (unpaired) electrons. The Labute approximate surface area is 75.0 Å². The van der Waals surface area contributed by atoms with Crippen LogP contribution < -0.4 is 4.90 Å². The second-order valence-corrected chi connectivity index (χ2v) is 4.01. The van der Waals surface area contributed by atoms with Crippen LogP contribution in [-0.4, -0.2) is 18.4 Å². The van der Waals surface area contributed by atoms with Gasteiger partial charge in [0.25, 0.3) is 0 Å². The van der Waals surface area contributed by atoms with Crippen molar-refractivity contribution in [2.75, 3.05) is 11.9 Å². The molecule has 0 aromatic carbocycles. The normalized spacial score (nSPS) is 13.1. The lowest BCUT2D eigenvalue weighted by atomic mass is 10.5. The van der Waals surface area contributed by atoms with Gasteiger partial charge in [0, 0.05) is 7.05 Å². The molecular weight excluding hydrogens is 182 g/mol. The fraction of sp³-hybridized carbons (Fsp3) is 0.429. The molecule has 11 heavy (non-hydrogen) atoms. The van der Waals surface area contributed by atoms with Crippen LogP contribution in [0.1, 0.15) is 6.92 Å². The van der Waals surface area contributed by atoms with Crippen molar-refractivity contribution < 1.29 is 5.11 Å². The molecule has 0 saturated heterocycles. The monoisotopic (exact) mass is 191 g/mol. The molecule has 0 fully saturated rings. The average Bonchev–Trinajstić information content (AvgIpc) is 2.34. The summed E-state index contributed by atoms with van der Waals surface area (Å²) < 4.78 is 0.743. The predicted octanol–water partition coefficient (Wildman–Crippen LogP) is 2.18. The van der Waals surface area contributed by atoms with Crippen molar-refractivity contribution >= 4 is 27.9 Å². The van der Waals surface area contributed by atoms with Crippen LogP contribution in [0.2, 0.25) is 4.34 Å². The van der Waals surface area contributed by atoms with E-state index in [-0.39, 0.29) is 0 Å². The molecule has 1 heterocycles. The van der Waals surface area contributed by atoms with Crippen LogP contribution in [0.3, 0.4) is 0 Å². The van der Waals surface area contributed by atoms with Gasteiger partial charge in [-0.1, -0.05) is 11.6 Å². The van der Waals surface area contributed by atoms with Crippen LogP contribution in [-0.2, 0) is 0 Å². The van der Waals surface area contributed by atoms with E-state index >= 15 is 0 Å². The van der Waals surface area contributed by atoms with Gasteiger partial charge in [-0.2, -0.15) is 0 Å². The number of hydrogen-bond donors (Lipinski definition) is 1. The van der Waals surface area contributed by atoms with Crippen molar-refractivity contribution in [2.24, 2.45) is 0 Å². The zero-order valence-electron chi connectivity index (χ0n) is 6.41. The molecule has 1 aromatic rings. The highest BCUT2D eigenvalue weighted by molar-refractivity contribution is 7.19. The standard InChI is InChI=1S/C7H10ClNOS/c1-5(10)9(2)7-4-3-6(8)11-7/h3-5,10H,1-2H3. The second-order valence-electron chi connectivity index (χ2n) is 2.32. The highest BCUT2D eigenvalue weighted by atomic mass is 35.5. The molecule has 0 aliphatic heterocycles. The van der Waals surface area contributed by atoms with Crippen molar-refractivity contribution in [2.45, 2.75) is 13.2 Å². The van der Waals surface area contributed by atoms with Crippen molar-refractivity contribution in [3.8, 4) is 0 Å². The molecule has 1 N–H and O–H groups in total. The number of rotatable bonds is 2. The van der Waals surface area contributed by atoms with E-state index in [2.05, 4.69) is 0 Å². The van der Waals surface area contributed by atoms with E-state index in [4.69, 9.17) is 11.6 Å². The van der Waals surface area contributed by atoms with E-state index in [9.17, 15) is 5.11 Å². The molecule has 1 unspecified atom stereocenters. The molecule has 1 aromatic heterocycles. The fourth-order valence-electron chi connectivity index (χ4n) is 0.678. The Morgan fingerprint density at radius 2 is 2.27 bits per heavy atom. The summed E-state index contributed by atoms with van der Waals surface area (Å²) in [5.74, 6) is 0. The zero-order valence-corrected chi connectivity index (χ0v) is 7.99. The largest absolute Gasteiger partial charge is 0.374 e. The molecule has 0 saturated carbocycles. The maximum Gasteiger partial charge on any atom is 0.124 e. The van der Waals surface area contributed by atoms with Crippen molar-refractivity contribution in [1.82, 2.24) is 0 Å². The molecule has 0 aliphatic carbocycles. The zero-order chi connectivity index (χ0) is 8.43. The highest BCUT2D eigenvalue weighted by Crippen LogP contribution is 2.29. The molecule has 1 atom stereocenters. The Morgan fingerprint density at radius 3 is 2.64 bits per heavy atom. The van der Waals surface area contributed by atoms with Crippen LogP contribution in [0, 0.1) is 0 Å². The summed E-state index contributed by atoms with van der Waals surface area (Å²) in [4.78, 5) is 1.76. The fourth-order valence-corrected chi connectivity index (χ4v) is 1.75. The lowest BCUT2D eigenvalue weighted by molar-refractivity contribution is 0.196.